The first-order chi connectivity index (χ1) is 8.42. The second kappa shape index (κ2) is 5.46. The molecule has 1 rings (SSSR count). The van der Waals surface area contributed by atoms with E-state index in [4.69, 9.17) is 5.26 Å². The lowest BCUT2D eigenvalue weighted by molar-refractivity contribution is -0.383. The number of nitrogens with one attached hydrogen (secondary N) is 1. The van der Waals surface area contributed by atoms with Gasteiger partial charge < -0.3 is 0 Å². The summed E-state index contributed by atoms with van der Waals surface area (Å²) in [6.07, 6.45) is 0.104. The Morgan fingerprint density at radius 2 is 2.11 bits per heavy atom. The summed E-state index contributed by atoms with van der Waals surface area (Å²) in [5.41, 5.74) is -0.495. The van der Waals surface area contributed by atoms with Gasteiger partial charge in [-0.2, -0.15) is 5.26 Å². The van der Waals surface area contributed by atoms with Crippen LogP contribution in [0, 0.1) is 21.4 Å². The topological polar surface area (TPSA) is 113 Å². The Hall–Kier alpha value is -2.14. The summed E-state index contributed by atoms with van der Waals surface area (Å²) >= 11 is 0. The summed E-state index contributed by atoms with van der Waals surface area (Å²) in [5, 5.41) is 18.2. The molecule has 1 unspecified atom stereocenters. The van der Waals surface area contributed by atoms with Gasteiger partial charge in [0.1, 0.15) is 5.69 Å². The number of hydrogen-bond donors (Lipinski definition) is 1. The van der Waals surface area contributed by atoms with E-state index < -0.39 is 20.2 Å². The Labute approximate surface area is 104 Å². The van der Waals surface area contributed by atoms with Crippen molar-refractivity contribution in [1.82, 2.24) is 0 Å². The Bertz CT molecular complexity index is 591. The third-order valence-corrected chi connectivity index (χ3v) is 3.93. The molecule has 0 amide bonds. The number of sulfonamides is 1. The summed E-state index contributed by atoms with van der Waals surface area (Å²) in [5.74, 6) is 0. The Morgan fingerprint density at radius 3 is 2.61 bits per heavy atom. The van der Waals surface area contributed by atoms with Crippen LogP contribution in [0.4, 0.5) is 11.4 Å². The van der Waals surface area contributed by atoms with Crippen molar-refractivity contribution in [3.05, 3.63) is 34.4 Å². The predicted molar refractivity (Wildman–Crippen MR) is 65.3 cm³/mol. The van der Waals surface area contributed by atoms with Crippen molar-refractivity contribution >= 4 is 21.4 Å². The van der Waals surface area contributed by atoms with Crippen LogP contribution in [0.15, 0.2) is 24.3 Å². The van der Waals surface area contributed by atoms with Crippen LogP contribution in [0.1, 0.15) is 13.3 Å². The number of nitrogens with zero attached hydrogens (tertiary/aromatic N) is 2. The smallest absolute Gasteiger partial charge is 0.276 e. The molecule has 0 radical (unpaired) electrons. The van der Waals surface area contributed by atoms with Crippen molar-refractivity contribution in [2.75, 3.05) is 4.72 Å². The summed E-state index contributed by atoms with van der Waals surface area (Å²) in [6, 6.07) is 7.00. The largest absolute Gasteiger partial charge is 0.293 e. The summed E-state index contributed by atoms with van der Waals surface area (Å²) in [7, 11) is -3.95. The maximum Gasteiger partial charge on any atom is 0.293 e. The standard InChI is InChI=1S/C10H11N3O4S/c1-2-8(7-11)18(16,17)12-9-5-3-4-6-10(9)13(14)15/h3-6,8,12H,2H2,1H3. The lowest BCUT2D eigenvalue weighted by atomic mass is 10.3. The average molecular weight is 269 g/mol. The molecule has 1 N–H and O–H groups in total. The van der Waals surface area contributed by atoms with Gasteiger partial charge in [0.2, 0.25) is 10.0 Å². The molecule has 7 nitrogen and oxygen atoms in total. The van der Waals surface area contributed by atoms with Crippen molar-refractivity contribution < 1.29 is 13.3 Å². The Kier molecular flexibility index (Phi) is 4.23. The van der Waals surface area contributed by atoms with Gasteiger partial charge in [0.15, 0.2) is 5.25 Å². The summed E-state index contributed by atoms with van der Waals surface area (Å²) < 4.78 is 25.6. The molecule has 0 saturated carbocycles. The minimum atomic E-state index is -3.95. The highest BCUT2D eigenvalue weighted by atomic mass is 32.2. The van der Waals surface area contributed by atoms with E-state index in [9.17, 15) is 18.5 Å². The van der Waals surface area contributed by atoms with E-state index in [0.717, 1.165) is 0 Å². The molecule has 0 aromatic heterocycles. The first kappa shape index (κ1) is 13.9. The van der Waals surface area contributed by atoms with Crippen molar-refractivity contribution in [3.63, 3.8) is 0 Å². The Balaban J connectivity index is 3.13. The maximum atomic E-state index is 11.8. The minimum absolute atomic E-state index is 0.104. The van der Waals surface area contributed by atoms with E-state index in [1.54, 1.807) is 13.0 Å². The van der Waals surface area contributed by atoms with Crippen molar-refractivity contribution in [3.8, 4) is 6.07 Å². The van der Waals surface area contributed by atoms with E-state index in [0.29, 0.717) is 0 Å². The first-order valence-electron chi connectivity index (χ1n) is 5.07. The average Bonchev–Trinajstić information content (AvgIpc) is 2.29. The number of nitro benzene ring substituents is 1. The fourth-order valence-electron chi connectivity index (χ4n) is 1.32. The van der Waals surface area contributed by atoms with Gasteiger partial charge in [0.05, 0.1) is 11.0 Å². The van der Waals surface area contributed by atoms with E-state index in [1.807, 2.05) is 0 Å². The second-order valence-electron chi connectivity index (χ2n) is 3.45. The van der Waals surface area contributed by atoms with Gasteiger partial charge >= 0.3 is 0 Å². The number of hydrogen-bond acceptors (Lipinski definition) is 5. The van der Waals surface area contributed by atoms with Gasteiger partial charge in [-0.15, -0.1) is 0 Å². The molecule has 0 spiro atoms. The zero-order valence-electron chi connectivity index (χ0n) is 9.53. The van der Waals surface area contributed by atoms with Crippen LogP contribution < -0.4 is 4.72 Å². The van der Waals surface area contributed by atoms with Gasteiger partial charge in [-0.25, -0.2) is 8.42 Å². The maximum absolute atomic E-state index is 11.8. The molecule has 0 aliphatic heterocycles. The second-order valence-corrected chi connectivity index (χ2v) is 5.31. The fraction of sp³-hybridized carbons (Fsp3) is 0.300. The number of nitriles is 1. The lowest BCUT2D eigenvalue weighted by Gasteiger charge is -2.11. The van der Waals surface area contributed by atoms with Crippen LogP contribution in [0.2, 0.25) is 0 Å². The lowest BCUT2D eigenvalue weighted by Crippen LogP contribution is -2.26. The highest BCUT2D eigenvalue weighted by Gasteiger charge is 2.26. The molecular weight excluding hydrogens is 258 g/mol. The third-order valence-electron chi connectivity index (χ3n) is 2.24. The predicted octanol–water partition coefficient (Wildman–Crippen LogP) is 1.64. The normalized spacial score (nSPS) is 12.4. The molecular formula is C10H11N3O4S. The molecule has 0 bridgehead atoms. The molecule has 0 aliphatic carbocycles. The molecule has 1 aromatic rings. The molecule has 0 saturated heterocycles. The molecule has 18 heavy (non-hydrogen) atoms. The van der Waals surface area contributed by atoms with Gasteiger partial charge in [0, 0.05) is 6.07 Å². The molecule has 0 aliphatic rings. The molecule has 8 heteroatoms. The van der Waals surface area contributed by atoms with Crippen LogP contribution in [-0.2, 0) is 10.0 Å². The van der Waals surface area contributed by atoms with Gasteiger partial charge in [-0.05, 0) is 12.5 Å². The van der Waals surface area contributed by atoms with E-state index in [-0.39, 0.29) is 17.8 Å². The van der Waals surface area contributed by atoms with Gasteiger partial charge in [-0.3, -0.25) is 14.8 Å². The number of benzene rings is 1. The molecule has 0 heterocycles. The van der Waals surface area contributed by atoms with Crippen LogP contribution in [0.25, 0.3) is 0 Å². The first-order valence-corrected chi connectivity index (χ1v) is 6.61. The number of para-hydroxylation sites is 2. The van der Waals surface area contributed by atoms with Gasteiger partial charge in [-0.1, -0.05) is 19.1 Å². The van der Waals surface area contributed by atoms with Crippen LogP contribution in [0.3, 0.4) is 0 Å². The van der Waals surface area contributed by atoms with Crippen LogP contribution in [-0.4, -0.2) is 18.6 Å². The monoisotopic (exact) mass is 269 g/mol. The molecule has 1 aromatic carbocycles. The van der Waals surface area contributed by atoms with E-state index >= 15 is 0 Å². The number of rotatable bonds is 5. The van der Waals surface area contributed by atoms with E-state index in [1.165, 1.54) is 24.3 Å². The van der Waals surface area contributed by atoms with E-state index in [2.05, 4.69) is 4.72 Å². The fourth-order valence-corrected chi connectivity index (χ4v) is 2.52. The van der Waals surface area contributed by atoms with Crippen molar-refractivity contribution in [2.45, 2.75) is 18.6 Å². The summed E-state index contributed by atoms with van der Waals surface area (Å²) in [6.45, 7) is 1.55. The number of anilines is 1. The SMILES string of the molecule is CCC(C#N)S(=O)(=O)Nc1ccccc1[N+](=O)[O-]. The zero-order valence-corrected chi connectivity index (χ0v) is 10.3. The highest BCUT2D eigenvalue weighted by Crippen LogP contribution is 2.25. The Morgan fingerprint density at radius 1 is 1.50 bits per heavy atom. The summed E-state index contributed by atoms with van der Waals surface area (Å²) in [4.78, 5) is 10.0. The van der Waals surface area contributed by atoms with Crippen molar-refractivity contribution in [1.29, 1.82) is 5.26 Å². The molecule has 96 valence electrons. The van der Waals surface area contributed by atoms with Crippen LogP contribution in [0.5, 0.6) is 0 Å². The minimum Gasteiger partial charge on any atom is -0.276 e. The van der Waals surface area contributed by atoms with Gasteiger partial charge in [0.25, 0.3) is 5.69 Å². The highest BCUT2D eigenvalue weighted by molar-refractivity contribution is 7.93. The molecule has 1 atom stereocenters. The third kappa shape index (κ3) is 2.95. The zero-order chi connectivity index (χ0) is 13.8. The number of nitro groups is 1. The van der Waals surface area contributed by atoms with Crippen LogP contribution >= 0.6 is 0 Å². The van der Waals surface area contributed by atoms with Crippen molar-refractivity contribution in [2.24, 2.45) is 0 Å². The molecule has 0 fully saturated rings. The quantitative estimate of drug-likeness (QED) is 0.644.